The molecule has 0 radical (unpaired) electrons. The van der Waals surface area contributed by atoms with Crippen LogP contribution in [0.1, 0.15) is 29.7 Å². The van der Waals surface area contributed by atoms with Crippen LogP contribution >= 0.6 is 0 Å². The van der Waals surface area contributed by atoms with Gasteiger partial charge in [-0.05, 0) is 30.2 Å². The number of ether oxygens (including phenoxy) is 1. The number of hydrogen-bond acceptors (Lipinski definition) is 6. The van der Waals surface area contributed by atoms with Crippen LogP contribution in [0, 0.1) is 0 Å². The molecular weight excluding hydrogens is 553 g/mol. The molecule has 4 rings (SSSR count). The van der Waals surface area contributed by atoms with Crippen molar-refractivity contribution in [2.24, 2.45) is 0 Å². The summed E-state index contributed by atoms with van der Waals surface area (Å²) in [5.74, 6) is -3.36. The Morgan fingerprint density at radius 1 is 1.00 bits per heavy atom. The molecule has 1 aromatic heterocycles. The van der Waals surface area contributed by atoms with Crippen molar-refractivity contribution in [2.45, 2.75) is 50.7 Å². The number of benzene rings is 2. The van der Waals surface area contributed by atoms with Gasteiger partial charge in [0.15, 0.2) is 0 Å². The predicted molar refractivity (Wildman–Crippen MR) is 145 cm³/mol. The summed E-state index contributed by atoms with van der Waals surface area (Å²) in [5.41, 5.74) is 1.48. The minimum atomic E-state index is -4.94. The topological polar surface area (TPSA) is 118 Å². The van der Waals surface area contributed by atoms with Crippen molar-refractivity contribution in [2.75, 3.05) is 6.54 Å². The number of rotatable bonds is 12. The Labute approximate surface area is 240 Å². The van der Waals surface area contributed by atoms with Crippen LogP contribution in [0.5, 0.6) is 5.75 Å². The average molecular weight is 583 g/mol. The van der Waals surface area contributed by atoms with Crippen LogP contribution in [-0.2, 0) is 38.6 Å². The molecule has 1 saturated heterocycles. The second kappa shape index (κ2) is 13.7. The molecule has 0 bridgehead atoms. The van der Waals surface area contributed by atoms with Gasteiger partial charge in [0.1, 0.15) is 17.8 Å². The van der Waals surface area contributed by atoms with Crippen LogP contribution in [-0.4, -0.2) is 58.4 Å². The second-order valence-electron chi connectivity index (χ2n) is 9.67. The van der Waals surface area contributed by atoms with Crippen LogP contribution in [0.15, 0.2) is 79.0 Å². The number of hydrogen-bond donors (Lipinski definition) is 2. The molecular formula is C30H29F3N4O5. The number of nitrogens with one attached hydrogen (secondary N) is 2. The second-order valence-corrected chi connectivity index (χ2v) is 9.67. The molecule has 1 aliphatic rings. The zero-order valence-electron chi connectivity index (χ0n) is 22.5. The molecule has 1 fully saturated rings. The van der Waals surface area contributed by atoms with E-state index in [0.717, 1.165) is 16.7 Å². The lowest BCUT2D eigenvalue weighted by molar-refractivity contribution is -0.275. The summed E-state index contributed by atoms with van der Waals surface area (Å²) in [6.45, 7) is -0.160. The van der Waals surface area contributed by atoms with Gasteiger partial charge in [-0.1, -0.05) is 54.6 Å². The Kier molecular flexibility index (Phi) is 9.89. The van der Waals surface area contributed by atoms with Crippen LogP contribution in [0.3, 0.4) is 0 Å². The van der Waals surface area contributed by atoms with Crippen LogP contribution in [0.25, 0.3) is 0 Å². The normalized spacial score (nSPS) is 15.6. The van der Waals surface area contributed by atoms with E-state index in [0.29, 0.717) is 12.0 Å². The zero-order chi connectivity index (χ0) is 30.1. The third-order valence-electron chi connectivity index (χ3n) is 6.70. The van der Waals surface area contributed by atoms with E-state index in [2.05, 4.69) is 20.4 Å². The van der Waals surface area contributed by atoms with Crippen molar-refractivity contribution in [3.8, 4) is 5.75 Å². The van der Waals surface area contributed by atoms with Crippen molar-refractivity contribution in [3.05, 3.63) is 95.8 Å². The third kappa shape index (κ3) is 8.38. The van der Waals surface area contributed by atoms with Gasteiger partial charge < -0.3 is 20.3 Å². The van der Waals surface area contributed by atoms with Crippen LogP contribution < -0.4 is 15.4 Å². The molecule has 2 N–H and O–H groups in total. The maximum absolute atomic E-state index is 13.4. The molecule has 2 aromatic carbocycles. The summed E-state index contributed by atoms with van der Waals surface area (Å²) in [6, 6.07) is 17.2. The first-order chi connectivity index (χ1) is 20.1. The molecule has 1 unspecified atom stereocenters. The highest BCUT2D eigenvalue weighted by molar-refractivity contribution is 6.38. The Hall–Kier alpha value is -4.74. The van der Waals surface area contributed by atoms with Crippen molar-refractivity contribution in [1.82, 2.24) is 20.5 Å². The van der Waals surface area contributed by atoms with Gasteiger partial charge in [0.25, 0.3) is 5.91 Å². The molecule has 2 atom stereocenters. The number of likely N-dealkylation sites (tertiary alicyclic amines) is 1. The molecule has 0 aliphatic carbocycles. The fourth-order valence-electron chi connectivity index (χ4n) is 4.67. The SMILES string of the molecule is O=C(NCCc1ccccn1)C(=O)C(Cc1ccccc1)NC(=O)[C@H]1CCC(=O)N1Cc1ccccc1OC(F)(F)F. The van der Waals surface area contributed by atoms with E-state index in [1.807, 2.05) is 0 Å². The van der Waals surface area contributed by atoms with E-state index in [4.69, 9.17) is 0 Å². The van der Waals surface area contributed by atoms with E-state index < -0.39 is 47.7 Å². The number of ketones is 1. The van der Waals surface area contributed by atoms with Crippen molar-refractivity contribution in [3.63, 3.8) is 0 Å². The lowest BCUT2D eigenvalue weighted by Gasteiger charge is -2.27. The number of nitrogens with zero attached hydrogens (tertiary/aromatic N) is 2. The summed E-state index contributed by atoms with van der Waals surface area (Å²) in [5, 5.41) is 5.18. The molecule has 0 spiro atoms. The van der Waals surface area contributed by atoms with Gasteiger partial charge in [-0.3, -0.25) is 24.2 Å². The molecule has 12 heteroatoms. The van der Waals surface area contributed by atoms with Gasteiger partial charge in [0, 0.05) is 43.3 Å². The van der Waals surface area contributed by atoms with E-state index in [9.17, 15) is 32.3 Å². The molecule has 220 valence electrons. The van der Waals surface area contributed by atoms with Crippen molar-refractivity contribution >= 4 is 23.5 Å². The van der Waals surface area contributed by atoms with Gasteiger partial charge in [-0.15, -0.1) is 13.2 Å². The number of aromatic nitrogens is 1. The quantitative estimate of drug-likeness (QED) is 0.317. The first-order valence-corrected chi connectivity index (χ1v) is 13.3. The zero-order valence-corrected chi connectivity index (χ0v) is 22.5. The van der Waals surface area contributed by atoms with Crippen LogP contribution in [0.2, 0.25) is 0 Å². The van der Waals surface area contributed by atoms with Gasteiger partial charge in [0.2, 0.25) is 17.6 Å². The lowest BCUT2D eigenvalue weighted by atomic mass is 10.0. The average Bonchev–Trinajstić information content (AvgIpc) is 3.33. The number of carbonyl (C=O) groups is 4. The molecule has 3 amide bonds. The number of pyridine rings is 1. The van der Waals surface area contributed by atoms with E-state index in [1.165, 1.54) is 18.2 Å². The van der Waals surface area contributed by atoms with Crippen LogP contribution in [0.4, 0.5) is 13.2 Å². The Balaban J connectivity index is 1.47. The highest BCUT2D eigenvalue weighted by Crippen LogP contribution is 2.30. The van der Waals surface area contributed by atoms with Gasteiger partial charge in [0.05, 0.1) is 6.54 Å². The molecule has 2 heterocycles. The number of carbonyl (C=O) groups excluding carboxylic acids is 4. The van der Waals surface area contributed by atoms with E-state index in [1.54, 1.807) is 54.7 Å². The Morgan fingerprint density at radius 2 is 1.71 bits per heavy atom. The monoisotopic (exact) mass is 582 g/mol. The number of para-hydroxylation sites is 1. The van der Waals surface area contributed by atoms with Gasteiger partial charge in [-0.2, -0.15) is 0 Å². The highest BCUT2D eigenvalue weighted by Gasteiger charge is 2.39. The number of amides is 3. The number of Topliss-reactive ketones (excluding diaryl/α,β-unsaturated/α-hetero) is 1. The lowest BCUT2D eigenvalue weighted by Crippen LogP contribution is -2.53. The Morgan fingerprint density at radius 3 is 2.43 bits per heavy atom. The summed E-state index contributed by atoms with van der Waals surface area (Å²) >= 11 is 0. The molecule has 0 saturated carbocycles. The van der Waals surface area contributed by atoms with Gasteiger partial charge >= 0.3 is 6.36 Å². The predicted octanol–water partition coefficient (Wildman–Crippen LogP) is 3.13. The summed E-state index contributed by atoms with van der Waals surface area (Å²) < 4.78 is 42.8. The summed E-state index contributed by atoms with van der Waals surface area (Å²) in [7, 11) is 0. The number of halogens is 3. The largest absolute Gasteiger partial charge is 0.573 e. The van der Waals surface area contributed by atoms with Crippen molar-refractivity contribution in [1.29, 1.82) is 0 Å². The molecule has 1 aliphatic heterocycles. The fourth-order valence-corrected chi connectivity index (χ4v) is 4.67. The van der Waals surface area contributed by atoms with E-state index in [-0.39, 0.29) is 37.9 Å². The smallest absolute Gasteiger partial charge is 0.405 e. The first-order valence-electron chi connectivity index (χ1n) is 13.3. The number of alkyl halides is 3. The van der Waals surface area contributed by atoms with E-state index >= 15 is 0 Å². The molecule has 42 heavy (non-hydrogen) atoms. The maximum Gasteiger partial charge on any atom is 0.573 e. The Bertz CT molecular complexity index is 1400. The first kappa shape index (κ1) is 30.2. The molecule has 3 aromatic rings. The maximum atomic E-state index is 13.4. The summed E-state index contributed by atoms with van der Waals surface area (Å²) in [6.07, 6.45) is -2.82. The molecule has 9 nitrogen and oxygen atoms in total. The summed E-state index contributed by atoms with van der Waals surface area (Å²) in [4.78, 5) is 57.4. The minimum Gasteiger partial charge on any atom is -0.405 e. The standard InChI is InChI=1S/C30H29F3N4O5/c31-30(32,33)42-25-12-5-4-10-21(25)19-37-24(13-14-26(37)38)28(40)36-23(18-20-8-2-1-3-9-20)27(39)29(41)35-17-15-22-11-6-7-16-34-22/h1-12,16,23-24H,13-15,17-19H2,(H,35,41)(H,36,40)/t23?,24-/m1/s1. The van der Waals surface area contributed by atoms with Gasteiger partial charge in [-0.25, -0.2) is 0 Å². The fraction of sp³-hybridized carbons (Fsp3) is 0.300. The van der Waals surface area contributed by atoms with Crippen molar-refractivity contribution < 1.29 is 37.1 Å². The minimum absolute atomic E-state index is 0.00825. The third-order valence-corrected chi connectivity index (χ3v) is 6.70. The highest BCUT2D eigenvalue weighted by atomic mass is 19.4.